The van der Waals surface area contributed by atoms with Gasteiger partial charge in [-0.2, -0.15) is 0 Å². The van der Waals surface area contributed by atoms with Crippen molar-refractivity contribution in [2.75, 3.05) is 0 Å². The van der Waals surface area contributed by atoms with Crippen molar-refractivity contribution in [3.63, 3.8) is 0 Å². The third-order valence-corrected chi connectivity index (χ3v) is 3.69. The van der Waals surface area contributed by atoms with Crippen LogP contribution < -0.4 is 4.94 Å². The average molecular weight is 252 g/mol. The van der Waals surface area contributed by atoms with Crippen LogP contribution in [-0.4, -0.2) is 5.11 Å². The van der Waals surface area contributed by atoms with E-state index in [1.165, 1.54) is 0 Å². The second kappa shape index (κ2) is 4.92. The molecule has 0 aliphatic rings. The molecule has 0 bridgehead atoms. The Labute approximate surface area is 104 Å². The molecule has 0 radical (unpaired) electrons. The lowest BCUT2D eigenvalue weighted by molar-refractivity contribution is 0.460. The molecule has 2 rings (SSSR count). The van der Waals surface area contributed by atoms with Gasteiger partial charge < -0.3 is 9.52 Å². The molecule has 0 fully saturated rings. The summed E-state index contributed by atoms with van der Waals surface area (Å²) < 4.78 is 5.95. The fourth-order valence-electron chi connectivity index (χ4n) is 2.07. The molecule has 3 nitrogen and oxygen atoms in total. The van der Waals surface area contributed by atoms with E-state index in [9.17, 15) is 9.90 Å². The summed E-state index contributed by atoms with van der Waals surface area (Å²) in [6.45, 7) is 4.12. The molecule has 2 aromatic rings. The first-order valence-corrected chi connectivity index (χ1v) is 6.76. The molecule has 1 aromatic heterocycles. The Kier molecular flexibility index (Phi) is 3.52. The number of rotatable bonds is 4. The van der Waals surface area contributed by atoms with Gasteiger partial charge in [-0.3, -0.25) is 0 Å². The molecule has 0 saturated carbocycles. The molecule has 1 aromatic carbocycles. The van der Waals surface area contributed by atoms with Crippen LogP contribution in [0.5, 0.6) is 5.75 Å². The van der Waals surface area contributed by atoms with Gasteiger partial charge >= 0.3 is 4.94 Å². The summed E-state index contributed by atoms with van der Waals surface area (Å²) in [5, 5.41) is 10.2. The molecular formula is C13H16O3S. The molecule has 0 aliphatic heterocycles. The van der Waals surface area contributed by atoms with Gasteiger partial charge in [0, 0.05) is 5.56 Å². The summed E-state index contributed by atoms with van der Waals surface area (Å²) in [4.78, 5) is 11.0. The lowest BCUT2D eigenvalue weighted by atomic mass is 10.0. The van der Waals surface area contributed by atoms with E-state index in [4.69, 9.17) is 4.42 Å². The first kappa shape index (κ1) is 12.2. The zero-order chi connectivity index (χ0) is 12.4. The van der Waals surface area contributed by atoms with Crippen LogP contribution in [0.3, 0.4) is 0 Å². The normalized spacial score (nSPS) is 11.2. The lowest BCUT2D eigenvalue weighted by Gasteiger charge is -2.09. The van der Waals surface area contributed by atoms with Gasteiger partial charge in [-0.05, 0) is 24.5 Å². The van der Waals surface area contributed by atoms with Gasteiger partial charge in [0.25, 0.3) is 0 Å². The number of hydrogen-bond donors (Lipinski definition) is 1. The van der Waals surface area contributed by atoms with Crippen LogP contribution in [0.1, 0.15) is 37.8 Å². The van der Waals surface area contributed by atoms with Crippen LogP contribution in [0.2, 0.25) is 0 Å². The van der Waals surface area contributed by atoms with Gasteiger partial charge in [0.15, 0.2) is 0 Å². The van der Waals surface area contributed by atoms with Gasteiger partial charge in [-0.1, -0.05) is 38.0 Å². The van der Waals surface area contributed by atoms with E-state index >= 15 is 0 Å². The van der Waals surface area contributed by atoms with Crippen molar-refractivity contribution in [2.24, 2.45) is 0 Å². The monoisotopic (exact) mass is 252 g/mol. The van der Waals surface area contributed by atoms with Crippen molar-refractivity contribution < 1.29 is 9.52 Å². The summed E-state index contributed by atoms with van der Waals surface area (Å²) in [7, 11) is 0. The van der Waals surface area contributed by atoms with E-state index in [-0.39, 0.29) is 4.94 Å². The quantitative estimate of drug-likeness (QED) is 0.906. The summed E-state index contributed by atoms with van der Waals surface area (Å²) in [6.07, 6.45) is 3.47. The Morgan fingerprint density at radius 2 is 2.00 bits per heavy atom. The molecule has 0 spiro atoms. The standard InChI is InChI=1S/C13H16O3S/c1-3-5-8-7-10-12(17-13(15)16-10)9(6-4-2)11(8)14/h7,14H,3-6H2,1-2H3. The molecule has 0 unspecified atom stereocenters. The smallest absolute Gasteiger partial charge is 0.396 e. The highest BCUT2D eigenvalue weighted by Crippen LogP contribution is 2.34. The van der Waals surface area contributed by atoms with E-state index in [1.807, 2.05) is 0 Å². The molecular weight excluding hydrogens is 236 g/mol. The average Bonchev–Trinajstić information content (AvgIpc) is 2.65. The van der Waals surface area contributed by atoms with E-state index in [2.05, 4.69) is 13.8 Å². The fraction of sp³-hybridized carbons (Fsp3) is 0.462. The predicted molar refractivity (Wildman–Crippen MR) is 70.0 cm³/mol. The van der Waals surface area contributed by atoms with E-state index in [0.29, 0.717) is 11.3 Å². The minimum Gasteiger partial charge on any atom is -0.507 e. The predicted octanol–water partition coefficient (Wildman–Crippen LogP) is 3.47. The number of phenolic OH excluding ortho intramolecular Hbond substituents is 1. The highest BCUT2D eigenvalue weighted by molar-refractivity contribution is 7.16. The van der Waals surface area contributed by atoms with E-state index < -0.39 is 0 Å². The van der Waals surface area contributed by atoms with E-state index in [1.54, 1.807) is 6.07 Å². The zero-order valence-corrected chi connectivity index (χ0v) is 10.9. The summed E-state index contributed by atoms with van der Waals surface area (Å²) in [6, 6.07) is 1.80. The number of benzene rings is 1. The Balaban J connectivity index is 2.70. The maximum Gasteiger partial charge on any atom is 0.396 e. The van der Waals surface area contributed by atoms with Crippen LogP contribution in [0, 0.1) is 0 Å². The number of aromatic hydroxyl groups is 1. The van der Waals surface area contributed by atoms with Crippen molar-refractivity contribution in [3.8, 4) is 5.75 Å². The third-order valence-electron chi connectivity index (χ3n) is 2.79. The number of hydrogen-bond acceptors (Lipinski definition) is 4. The second-order valence-corrected chi connectivity index (χ2v) is 5.09. The highest BCUT2D eigenvalue weighted by atomic mass is 32.1. The zero-order valence-electron chi connectivity index (χ0n) is 10.1. The summed E-state index contributed by atoms with van der Waals surface area (Å²) in [5.74, 6) is 0.346. The largest absolute Gasteiger partial charge is 0.507 e. The van der Waals surface area contributed by atoms with Crippen LogP contribution in [0.4, 0.5) is 0 Å². The third kappa shape index (κ3) is 2.22. The topological polar surface area (TPSA) is 50.4 Å². The Morgan fingerprint density at radius 3 is 2.65 bits per heavy atom. The molecule has 4 heteroatoms. The molecule has 1 N–H and O–H groups in total. The lowest BCUT2D eigenvalue weighted by Crippen LogP contribution is -1.91. The fourth-order valence-corrected chi connectivity index (χ4v) is 2.89. The van der Waals surface area contributed by atoms with Gasteiger partial charge in [0.1, 0.15) is 11.3 Å². The molecule has 17 heavy (non-hydrogen) atoms. The molecule has 0 amide bonds. The first-order valence-electron chi connectivity index (χ1n) is 5.94. The van der Waals surface area contributed by atoms with Crippen LogP contribution in [0.25, 0.3) is 10.3 Å². The SMILES string of the molecule is CCCc1cc2oc(=O)sc2c(CCC)c1O. The number of aryl methyl sites for hydroxylation is 2. The van der Waals surface area contributed by atoms with Crippen molar-refractivity contribution in [3.05, 3.63) is 26.9 Å². The van der Waals surface area contributed by atoms with Crippen LogP contribution in [-0.2, 0) is 12.8 Å². The van der Waals surface area contributed by atoms with Crippen LogP contribution >= 0.6 is 11.3 Å². The Morgan fingerprint density at radius 1 is 1.29 bits per heavy atom. The first-order chi connectivity index (χ1) is 8.17. The highest BCUT2D eigenvalue weighted by Gasteiger charge is 2.15. The van der Waals surface area contributed by atoms with Crippen molar-refractivity contribution in [2.45, 2.75) is 39.5 Å². The van der Waals surface area contributed by atoms with E-state index in [0.717, 1.165) is 52.8 Å². The molecule has 0 atom stereocenters. The van der Waals surface area contributed by atoms with Crippen molar-refractivity contribution in [1.82, 2.24) is 0 Å². The maximum absolute atomic E-state index is 11.3. The van der Waals surface area contributed by atoms with Crippen LogP contribution in [0.15, 0.2) is 15.3 Å². The van der Waals surface area contributed by atoms with Gasteiger partial charge in [-0.15, -0.1) is 0 Å². The molecule has 0 saturated heterocycles. The van der Waals surface area contributed by atoms with Gasteiger partial charge in [0.2, 0.25) is 0 Å². The molecule has 92 valence electrons. The second-order valence-electron chi connectivity index (χ2n) is 4.14. The maximum atomic E-state index is 11.3. The molecule has 0 aliphatic carbocycles. The number of fused-ring (bicyclic) bond motifs is 1. The minimum absolute atomic E-state index is 0.301. The molecule has 1 heterocycles. The Hall–Kier alpha value is -1.29. The summed E-state index contributed by atoms with van der Waals surface area (Å²) in [5.41, 5.74) is 2.36. The minimum atomic E-state index is -0.301. The van der Waals surface area contributed by atoms with Gasteiger partial charge in [0.05, 0.1) is 4.70 Å². The number of phenols is 1. The van der Waals surface area contributed by atoms with Crippen molar-refractivity contribution in [1.29, 1.82) is 0 Å². The van der Waals surface area contributed by atoms with Gasteiger partial charge in [-0.25, -0.2) is 4.79 Å². The Bertz CT molecular complexity index is 580. The van der Waals surface area contributed by atoms with Crippen molar-refractivity contribution >= 4 is 21.6 Å². The summed E-state index contributed by atoms with van der Waals surface area (Å²) >= 11 is 1.08.